The third-order valence-electron chi connectivity index (χ3n) is 4.92. The van der Waals surface area contributed by atoms with E-state index in [2.05, 4.69) is 5.32 Å². The van der Waals surface area contributed by atoms with E-state index in [1.54, 1.807) is 36.4 Å². The highest BCUT2D eigenvalue weighted by Gasteiger charge is 2.32. The lowest BCUT2D eigenvalue weighted by Crippen LogP contribution is -2.24. The van der Waals surface area contributed by atoms with Crippen molar-refractivity contribution in [1.82, 2.24) is 5.32 Å². The number of hydrogen-bond donors (Lipinski definition) is 2. The molecule has 0 bridgehead atoms. The molecule has 0 aliphatic rings. The van der Waals surface area contributed by atoms with Crippen molar-refractivity contribution < 1.29 is 27.9 Å². The van der Waals surface area contributed by atoms with Crippen LogP contribution in [0, 0.1) is 0 Å². The van der Waals surface area contributed by atoms with Gasteiger partial charge in [0, 0.05) is 12.1 Å². The Morgan fingerprint density at radius 2 is 1.48 bits per heavy atom. The van der Waals surface area contributed by atoms with Gasteiger partial charge in [-0.15, -0.1) is 0 Å². The number of aliphatic carboxylic acids is 1. The summed E-state index contributed by atoms with van der Waals surface area (Å²) in [7, 11) is 0. The maximum atomic E-state index is 13.1. The second-order valence-electron chi connectivity index (χ2n) is 7.04. The SMILES string of the molecule is O=C(NCc1ccccc1C(F)(F)F)c1ccc(CC(C(=O)O)c2ccccc2)cc1. The largest absolute Gasteiger partial charge is 0.481 e. The predicted molar refractivity (Wildman–Crippen MR) is 110 cm³/mol. The first-order valence-corrected chi connectivity index (χ1v) is 9.55. The van der Waals surface area contributed by atoms with Crippen LogP contribution in [0.3, 0.4) is 0 Å². The van der Waals surface area contributed by atoms with Gasteiger partial charge in [0.1, 0.15) is 0 Å². The van der Waals surface area contributed by atoms with E-state index >= 15 is 0 Å². The topological polar surface area (TPSA) is 66.4 Å². The van der Waals surface area contributed by atoms with Crippen LogP contribution in [0.4, 0.5) is 13.2 Å². The van der Waals surface area contributed by atoms with Crippen LogP contribution in [-0.2, 0) is 23.9 Å². The molecule has 0 aliphatic carbocycles. The molecule has 1 unspecified atom stereocenters. The van der Waals surface area contributed by atoms with Gasteiger partial charge in [0.2, 0.25) is 0 Å². The number of carboxylic acids is 1. The molecular formula is C24H20F3NO3. The van der Waals surface area contributed by atoms with Crippen LogP contribution >= 0.6 is 0 Å². The molecule has 0 saturated carbocycles. The fourth-order valence-corrected chi connectivity index (χ4v) is 3.29. The van der Waals surface area contributed by atoms with Crippen LogP contribution in [0.1, 0.15) is 38.5 Å². The monoisotopic (exact) mass is 427 g/mol. The average molecular weight is 427 g/mol. The zero-order valence-electron chi connectivity index (χ0n) is 16.4. The van der Waals surface area contributed by atoms with E-state index in [0.29, 0.717) is 5.56 Å². The third-order valence-corrected chi connectivity index (χ3v) is 4.92. The zero-order chi connectivity index (χ0) is 22.4. The molecule has 0 radical (unpaired) electrons. The molecule has 1 atom stereocenters. The Morgan fingerprint density at radius 3 is 2.10 bits per heavy atom. The van der Waals surface area contributed by atoms with Crippen molar-refractivity contribution in [3.05, 3.63) is 107 Å². The van der Waals surface area contributed by atoms with Gasteiger partial charge in [0.25, 0.3) is 5.91 Å². The Labute approximate surface area is 177 Å². The molecule has 0 aromatic heterocycles. The number of carbonyl (C=O) groups is 2. The fourth-order valence-electron chi connectivity index (χ4n) is 3.29. The number of alkyl halides is 3. The minimum atomic E-state index is -4.50. The lowest BCUT2D eigenvalue weighted by atomic mass is 9.92. The Kier molecular flexibility index (Phi) is 6.74. The number of carboxylic acid groups (broad SMARTS) is 1. The highest BCUT2D eigenvalue weighted by Crippen LogP contribution is 2.31. The van der Waals surface area contributed by atoms with Crippen LogP contribution < -0.4 is 5.32 Å². The summed E-state index contributed by atoms with van der Waals surface area (Å²) in [5.74, 6) is -2.18. The van der Waals surface area contributed by atoms with Crippen molar-refractivity contribution in [2.24, 2.45) is 0 Å². The number of rotatable bonds is 7. The molecule has 1 amide bonds. The summed E-state index contributed by atoms with van der Waals surface area (Å²) in [6.07, 6.45) is -4.25. The van der Waals surface area contributed by atoms with Gasteiger partial charge in [0.05, 0.1) is 11.5 Å². The van der Waals surface area contributed by atoms with Gasteiger partial charge in [0.15, 0.2) is 0 Å². The summed E-state index contributed by atoms with van der Waals surface area (Å²) in [6, 6.07) is 20.3. The Morgan fingerprint density at radius 1 is 0.871 bits per heavy atom. The van der Waals surface area contributed by atoms with E-state index in [0.717, 1.165) is 11.6 Å². The number of amides is 1. The van der Waals surface area contributed by atoms with Gasteiger partial charge in [-0.25, -0.2) is 0 Å². The molecule has 0 aliphatic heterocycles. The second kappa shape index (κ2) is 9.47. The minimum Gasteiger partial charge on any atom is -0.481 e. The summed E-state index contributed by atoms with van der Waals surface area (Å²) in [5, 5.41) is 12.0. The van der Waals surface area contributed by atoms with E-state index in [9.17, 15) is 27.9 Å². The number of benzene rings is 3. The molecule has 0 fully saturated rings. The van der Waals surface area contributed by atoms with E-state index in [1.165, 1.54) is 30.3 Å². The molecule has 3 aromatic carbocycles. The lowest BCUT2D eigenvalue weighted by Gasteiger charge is -2.14. The average Bonchev–Trinajstić information content (AvgIpc) is 2.76. The van der Waals surface area contributed by atoms with Gasteiger partial charge in [-0.2, -0.15) is 13.2 Å². The van der Waals surface area contributed by atoms with Crippen molar-refractivity contribution in [3.8, 4) is 0 Å². The van der Waals surface area contributed by atoms with E-state index in [1.807, 2.05) is 6.07 Å². The number of hydrogen-bond acceptors (Lipinski definition) is 2. The molecule has 2 N–H and O–H groups in total. The molecule has 0 saturated heterocycles. The first-order valence-electron chi connectivity index (χ1n) is 9.55. The Bertz CT molecular complexity index is 1050. The predicted octanol–water partition coefficient (Wildman–Crippen LogP) is 5.05. The van der Waals surface area contributed by atoms with Crippen molar-refractivity contribution in [2.45, 2.75) is 25.1 Å². The molecule has 4 nitrogen and oxygen atoms in total. The number of nitrogens with one attached hydrogen (secondary N) is 1. The summed E-state index contributed by atoms with van der Waals surface area (Å²) in [4.78, 5) is 24.0. The molecule has 0 heterocycles. The first-order chi connectivity index (χ1) is 14.8. The van der Waals surface area contributed by atoms with Gasteiger partial charge in [-0.05, 0) is 41.3 Å². The van der Waals surface area contributed by atoms with Crippen LogP contribution in [0.15, 0.2) is 78.9 Å². The van der Waals surface area contributed by atoms with E-state index < -0.39 is 29.5 Å². The number of carbonyl (C=O) groups excluding carboxylic acids is 1. The van der Waals surface area contributed by atoms with Gasteiger partial charge < -0.3 is 10.4 Å². The summed E-state index contributed by atoms with van der Waals surface area (Å²) >= 11 is 0. The summed E-state index contributed by atoms with van der Waals surface area (Å²) in [5.41, 5.74) is 0.883. The van der Waals surface area contributed by atoms with Crippen LogP contribution in [0.25, 0.3) is 0 Å². The molecule has 7 heteroatoms. The maximum absolute atomic E-state index is 13.1. The van der Waals surface area contributed by atoms with E-state index in [4.69, 9.17) is 0 Å². The third kappa shape index (κ3) is 5.72. The summed E-state index contributed by atoms with van der Waals surface area (Å²) in [6.45, 7) is -0.259. The smallest absolute Gasteiger partial charge is 0.416 e. The van der Waals surface area contributed by atoms with Crippen molar-refractivity contribution in [3.63, 3.8) is 0 Å². The molecule has 31 heavy (non-hydrogen) atoms. The minimum absolute atomic E-state index is 0.0212. The molecule has 3 rings (SSSR count). The van der Waals surface area contributed by atoms with Crippen LogP contribution in [0.2, 0.25) is 0 Å². The zero-order valence-corrected chi connectivity index (χ0v) is 16.4. The first kappa shape index (κ1) is 22.1. The second-order valence-corrected chi connectivity index (χ2v) is 7.04. The quantitative estimate of drug-likeness (QED) is 0.555. The van der Waals surface area contributed by atoms with Gasteiger partial charge in [-0.3, -0.25) is 9.59 Å². The normalized spacial score (nSPS) is 12.2. The van der Waals surface area contributed by atoms with Crippen molar-refractivity contribution in [2.75, 3.05) is 0 Å². The van der Waals surface area contributed by atoms with Crippen molar-refractivity contribution >= 4 is 11.9 Å². The van der Waals surface area contributed by atoms with Crippen molar-refractivity contribution in [1.29, 1.82) is 0 Å². The Hall–Kier alpha value is -3.61. The summed E-state index contributed by atoms with van der Waals surface area (Å²) < 4.78 is 39.2. The maximum Gasteiger partial charge on any atom is 0.416 e. The van der Waals surface area contributed by atoms with Crippen LogP contribution in [-0.4, -0.2) is 17.0 Å². The molecule has 3 aromatic rings. The highest BCUT2D eigenvalue weighted by atomic mass is 19.4. The van der Waals surface area contributed by atoms with Gasteiger partial charge in [-0.1, -0.05) is 60.7 Å². The van der Waals surface area contributed by atoms with E-state index in [-0.39, 0.29) is 24.1 Å². The molecule has 0 spiro atoms. The molecular weight excluding hydrogens is 407 g/mol. The Balaban J connectivity index is 1.66. The number of halogens is 3. The fraction of sp³-hybridized carbons (Fsp3) is 0.167. The van der Waals surface area contributed by atoms with Gasteiger partial charge >= 0.3 is 12.1 Å². The van der Waals surface area contributed by atoms with Crippen LogP contribution in [0.5, 0.6) is 0 Å². The highest BCUT2D eigenvalue weighted by molar-refractivity contribution is 5.94. The standard InChI is InChI=1S/C24H20F3NO3/c25-24(26,27)21-9-5-4-8-19(21)15-28-22(29)18-12-10-16(11-13-18)14-20(23(30)31)17-6-2-1-3-7-17/h1-13,20H,14-15H2,(H,28,29)(H,30,31). The molecule has 160 valence electrons. The lowest BCUT2D eigenvalue weighted by molar-refractivity contribution is -0.139.